The average molecular weight is 294 g/mol. The van der Waals surface area contributed by atoms with Gasteiger partial charge in [-0.3, -0.25) is 4.90 Å². The molecule has 0 radical (unpaired) electrons. The molecule has 0 aliphatic carbocycles. The highest BCUT2D eigenvalue weighted by atomic mass is 19.2. The van der Waals surface area contributed by atoms with Gasteiger partial charge in [-0.1, -0.05) is 30.3 Å². The van der Waals surface area contributed by atoms with Gasteiger partial charge in [0.25, 0.3) is 0 Å². The zero-order valence-electron chi connectivity index (χ0n) is 11.5. The van der Waals surface area contributed by atoms with E-state index in [2.05, 4.69) is 0 Å². The number of hydrogen-bond acceptors (Lipinski definition) is 2. The van der Waals surface area contributed by atoms with Crippen LogP contribution in [0.4, 0.5) is 13.2 Å². The number of benzene rings is 2. The maximum Gasteiger partial charge on any atom is 0.161 e. The maximum absolute atomic E-state index is 13.7. The molecule has 0 aromatic heterocycles. The number of hydrogen-bond donors (Lipinski definition) is 1. The van der Waals surface area contributed by atoms with E-state index in [1.54, 1.807) is 0 Å². The van der Waals surface area contributed by atoms with Crippen LogP contribution in [-0.2, 0) is 13.1 Å². The van der Waals surface area contributed by atoms with Crippen molar-refractivity contribution in [1.82, 2.24) is 4.90 Å². The number of rotatable bonds is 6. The summed E-state index contributed by atoms with van der Waals surface area (Å²) in [4.78, 5) is 1.89. The Morgan fingerprint density at radius 3 is 2.19 bits per heavy atom. The van der Waals surface area contributed by atoms with E-state index in [0.29, 0.717) is 25.7 Å². The number of halogens is 3. The van der Waals surface area contributed by atoms with Crippen molar-refractivity contribution in [2.45, 2.75) is 13.1 Å². The molecule has 0 saturated heterocycles. The Morgan fingerprint density at radius 1 is 0.857 bits per heavy atom. The Morgan fingerprint density at radius 2 is 1.52 bits per heavy atom. The summed E-state index contributed by atoms with van der Waals surface area (Å²) < 4.78 is 39.9. The lowest BCUT2D eigenvalue weighted by Gasteiger charge is -2.22. The topological polar surface area (TPSA) is 29.3 Å². The fraction of sp³-hybridized carbons (Fsp3) is 0.250. The molecule has 0 amide bonds. The highest BCUT2D eigenvalue weighted by Gasteiger charge is 2.13. The summed E-state index contributed by atoms with van der Waals surface area (Å²) in [6, 6.07) is 11.1. The smallest absolute Gasteiger partial charge is 0.161 e. The van der Waals surface area contributed by atoms with Crippen molar-refractivity contribution in [2.24, 2.45) is 5.73 Å². The fourth-order valence-corrected chi connectivity index (χ4v) is 2.16. The van der Waals surface area contributed by atoms with Crippen molar-refractivity contribution in [3.8, 4) is 0 Å². The molecule has 0 unspecified atom stereocenters. The minimum absolute atomic E-state index is 0.123. The Kier molecular flexibility index (Phi) is 5.36. The van der Waals surface area contributed by atoms with Gasteiger partial charge in [0.15, 0.2) is 11.6 Å². The summed E-state index contributed by atoms with van der Waals surface area (Å²) in [5, 5.41) is 0. The Hall–Kier alpha value is -1.85. The van der Waals surface area contributed by atoms with Gasteiger partial charge in [0.05, 0.1) is 0 Å². The van der Waals surface area contributed by atoms with Crippen molar-refractivity contribution >= 4 is 0 Å². The van der Waals surface area contributed by atoms with Crippen molar-refractivity contribution < 1.29 is 13.2 Å². The summed E-state index contributed by atoms with van der Waals surface area (Å²) in [5.74, 6) is -2.97. The van der Waals surface area contributed by atoms with Crippen LogP contribution in [0.3, 0.4) is 0 Å². The third-order valence-electron chi connectivity index (χ3n) is 3.18. The minimum atomic E-state index is -1.18. The van der Waals surface area contributed by atoms with Crippen molar-refractivity contribution in [3.63, 3.8) is 0 Å². The molecule has 2 N–H and O–H groups in total. The molecule has 5 heteroatoms. The molecule has 0 spiro atoms. The lowest BCUT2D eigenvalue weighted by atomic mass is 10.1. The fourth-order valence-electron chi connectivity index (χ4n) is 2.16. The van der Waals surface area contributed by atoms with Crippen molar-refractivity contribution in [1.29, 1.82) is 0 Å². The first-order chi connectivity index (χ1) is 10.1. The molecule has 0 atom stereocenters. The molecule has 0 aliphatic rings. The van der Waals surface area contributed by atoms with Gasteiger partial charge in [-0.15, -0.1) is 0 Å². The van der Waals surface area contributed by atoms with Crippen LogP contribution in [0, 0.1) is 17.5 Å². The molecule has 0 fully saturated rings. The molecule has 0 heterocycles. The third-order valence-corrected chi connectivity index (χ3v) is 3.18. The van der Waals surface area contributed by atoms with Crippen LogP contribution >= 0.6 is 0 Å². The van der Waals surface area contributed by atoms with E-state index in [-0.39, 0.29) is 12.1 Å². The van der Waals surface area contributed by atoms with Gasteiger partial charge < -0.3 is 5.73 Å². The second kappa shape index (κ2) is 7.24. The van der Waals surface area contributed by atoms with Crippen molar-refractivity contribution in [3.05, 3.63) is 71.0 Å². The molecule has 0 saturated carbocycles. The SMILES string of the molecule is NCCN(Cc1ccccc1)Cc1cc(F)c(F)cc1F. The van der Waals surface area contributed by atoms with Gasteiger partial charge in [0.2, 0.25) is 0 Å². The molecule has 2 aromatic rings. The first-order valence-corrected chi connectivity index (χ1v) is 6.70. The lowest BCUT2D eigenvalue weighted by Crippen LogP contribution is -2.29. The quantitative estimate of drug-likeness (QED) is 0.830. The summed E-state index contributed by atoms with van der Waals surface area (Å²) in [7, 11) is 0. The Labute approximate surface area is 122 Å². The predicted octanol–water partition coefficient (Wildman–Crippen LogP) is 3.06. The lowest BCUT2D eigenvalue weighted by molar-refractivity contribution is 0.259. The van der Waals surface area contributed by atoms with E-state index in [1.165, 1.54) is 0 Å². The van der Waals surface area contributed by atoms with Gasteiger partial charge in [-0.05, 0) is 11.6 Å². The van der Waals surface area contributed by atoms with E-state index in [1.807, 2.05) is 35.2 Å². The monoisotopic (exact) mass is 294 g/mol. The molecule has 112 valence electrons. The predicted molar refractivity (Wildman–Crippen MR) is 75.9 cm³/mol. The molecule has 2 aromatic carbocycles. The normalized spacial score (nSPS) is 11.1. The van der Waals surface area contributed by atoms with Gasteiger partial charge >= 0.3 is 0 Å². The highest BCUT2D eigenvalue weighted by Crippen LogP contribution is 2.17. The first kappa shape index (κ1) is 15.5. The van der Waals surface area contributed by atoms with E-state index < -0.39 is 17.5 Å². The number of nitrogens with two attached hydrogens (primary N) is 1. The number of nitrogens with zero attached hydrogens (tertiary/aromatic N) is 1. The molecule has 0 bridgehead atoms. The van der Waals surface area contributed by atoms with Crippen LogP contribution in [0.1, 0.15) is 11.1 Å². The molecule has 21 heavy (non-hydrogen) atoms. The van der Waals surface area contributed by atoms with Crippen LogP contribution < -0.4 is 5.73 Å². The summed E-state index contributed by atoms with van der Waals surface area (Å²) >= 11 is 0. The van der Waals surface area contributed by atoms with E-state index in [4.69, 9.17) is 5.73 Å². The van der Waals surface area contributed by atoms with E-state index in [0.717, 1.165) is 11.6 Å². The van der Waals surface area contributed by atoms with E-state index in [9.17, 15) is 13.2 Å². The summed E-state index contributed by atoms with van der Waals surface area (Å²) in [6.45, 7) is 1.68. The van der Waals surface area contributed by atoms with Gasteiger partial charge in [0.1, 0.15) is 5.82 Å². The highest BCUT2D eigenvalue weighted by molar-refractivity contribution is 5.20. The van der Waals surface area contributed by atoms with Crippen LogP contribution in [0.2, 0.25) is 0 Å². The standard InChI is InChI=1S/C16H17F3N2/c17-14-9-16(19)15(18)8-13(14)11-21(7-6-20)10-12-4-2-1-3-5-12/h1-5,8-9H,6-7,10-11,20H2. The molecular weight excluding hydrogens is 277 g/mol. The van der Waals surface area contributed by atoms with Crippen LogP contribution in [0.5, 0.6) is 0 Å². The third kappa shape index (κ3) is 4.31. The van der Waals surface area contributed by atoms with Gasteiger partial charge in [0, 0.05) is 37.8 Å². The zero-order chi connectivity index (χ0) is 15.2. The van der Waals surface area contributed by atoms with Gasteiger partial charge in [-0.2, -0.15) is 0 Å². The average Bonchev–Trinajstić information content (AvgIpc) is 2.46. The molecular formula is C16H17F3N2. The summed E-state index contributed by atoms with van der Waals surface area (Å²) in [6.07, 6.45) is 0. The van der Waals surface area contributed by atoms with Crippen LogP contribution in [0.25, 0.3) is 0 Å². The molecule has 2 nitrogen and oxygen atoms in total. The molecule has 0 aliphatic heterocycles. The van der Waals surface area contributed by atoms with Crippen LogP contribution in [0.15, 0.2) is 42.5 Å². The Balaban J connectivity index is 2.14. The van der Waals surface area contributed by atoms with Crippen LogP contribution in [-0.4, -0.2) is 18.0 Å². The second-order valence-corrected chi connectivity index (χ2v) is 4.84. The minimum Gasteiger partial charge on any atom is -0.329 e. The molecule has 2 rings (SSSR count). The van der Waals surface area contributed by atoms with E-state index >= 15 is 0 Å². The van der Waals surface area contributed by atoms with Gasteiger partial charge in [-0.25, -0.2) is 13.2 Å². The maximum atomic E-state index is 13.7. The first-order valence-electron chi connectivity index (χ1n) is 6.70. The Bertz CT molecular complexity index is 588. The second-order valence-electron chi connectivity index (χ2n) is 4.84. The largest absolute Gasteiger partial charge is 0.329 e. The summed E-state index contributed by atoms with van der Waals surface area (Å²) in [5.41, 5.74) is 6.73. The zero-order valence-corrected chi connectivity index (χ0v) is 11.5. The van der Waals surface area contributed by atoms with Crippen molar-refractivity contribution in [2.75, 3.05) is 13.1 Å².